The highest BCUT2D eigenvalue weighted by Crippen LogP contribution is 2.31. The number of aromatic nitrogens is 3. The molecule has 0 saturated carbocycles. The van der Waals surface area contributed by atoms with Crippen LogP contribution < -0.4 is 14.8 Å². The van der Waals surface area contributed by atoms with E-state index in [0.717, 1.165) is 28.2 Å². The number of carbonyl (C=O) groups excluding carboxylic acids is 1. The number of methoxy groups -OCH3 is 1. The van der Waals surface area contributed by atoms with Crippen LogP contribution in [0.2, 0.25) is 5.02 Å². The van der Waals surface area contributed by atoms with Gasteiger partial charge in [-0.3, -0.25) is 9.78 Å². The molecule has 8 heteroatoms. The highest BCUT2D eigenvalue weighted by atomic mass is 35.5. The molecule has 180 valence electrons. The average Bonchev–Trinajstić information content (AvgIpc) is 3.15. The molecule has 0 aliphatic heterocycles. The summed E-state index contributed by atoms with van der Waals surface area (Å²) in [5.74, 6) is 1.06. The molecule has 1 unspecified atom stereocenters. The Bertz CT molecular complexity index is 1320. The van der Waals surface area contributed by atoms with Gasteiger partial charge in [0.2, 0.25) is 0 Å². The van der Waals surface area contributed by atoms with Crippen molar-refractivity contribution >= 4 is 17.5 Å². The topological polar surface area (TPSA) is 78.3 Å². The summed E-state index contributed by atoms with van der Waals surface area (Å²) in [6.07, 6.45) is 3.46. The van der Waals surface area contributed by atoms with E-state index in [1.165, 1.54) is 0 Å². The van der Waals surface area contributed by atoms with E-state index in [4.69, 9.17) is 21.1 Å². The molecule has 0 saturated heterocycles. The summed E-state index contributed by atoms with van der Waals surface area (Å²) in [6.45, 7) is 6.11. The van der Waals surface area contributed by atoms with E-state index in [2.05, 4.69) is 15.4 Å². The molecule has 7 nitrogen and oxygen atoms in total. The van der Waals surface area contributed by atoms with Crippen LogP contribution in [0, 0.1) is 13.8 Å². The van der Waals surface area contributed by atoms with E-state index in [1.807, 2.05) is 63.2 Å². The minimum atomic E-state index is -0.236. The van der Waals surface area contributed by atoms with Crippen molar-refractivity contribution in [2.75, 3.05) is 7.11 Å². The van der Waals surface area contributed by atoms with Crippen LogP contribution in [-0.4, -0.2) is 27.8 Å². The first-order chi connectivity index (χ1) is 16.9. The lowest BCUT2D eigenvalue weighted by Gasteiger charge is -2.17. The first kappa shape index (κ1) is 24.3. The molecule has 1 atom stereocenters. The fourth-order valence-electron chi connectivity index (χ4n) is 3.71. The second-order valence-electron chi connectivity index (χ2n) is 8.19. The Labute approximate surface area is 209 Å². The predicted molar refractivity (Wildman–Crippen MR) is 135 cm³/mol. The maximum Gasteiger partial charge on any atom is 0.251 e. The van der Waals surface area contributed by atoms with Gasteiger partial charge in [-0.2, -0.15) is 5.10 Å². The van der Waals surface area contributed by atoms with Crippen LogP contribution in [0.15, 0.2) is 67.0 Å². The number of ether oxygens (including phenoxy) is 2. The molecular formula is C27H27ClN4O3. The predicted octanol–water partition coefficient (Wildman–Crippen LogP) is 5.62. The van der Waals surface area contributed by atoms with Crippen LogP contribution in [0.5, 0.6) is 11.5 Å². The maximum absolute atomic E-state index is 12.9. The minimum absolute atomic E-state index is 0.174. The number of nitrogens with zero attached hydrogens (tertiary/aromatic N) is 3. The van der Waals surface area contributed by atoms with Crippen molar-refractivity contribution < 1.29 is 14.3 Å². The number of hydrogen-bond donors (Lipinski definition) is 1. The molecule has 4 rings (SSSR count). The third kappa shape index (κ3) is 5.46. The summed E-state index contributed by atoms with van der Waals surface area (Å²) < 4.78 is 13.2. The Morgan fingerprint density at radius 3 is 2.40 bits per heavy atom. The first-order valence-electron chi connectivity index (χ1n) is 11.2. The molecule has 0 spiro atoms. The molecule has 0 aliphatic carbocycles. The summed E-state index contributed by atoms with van der Waals surface area (Å²) in [4.78, 5) is 16.9. The van der Waals surface area contributed by atoms with Gasteiger partial charge < -0.3 is 14.8 Å². The molecule has 1 N–H and O–H groups in total. The minimum Gasteiger partial charge on any atom is -0.493 e. The molecule has 0 aliphatic rings. The Morgan fingerprint density at radius 2 is 1.77 bits per heavy atom. The number of carbonyl (C=O) groups is 1. The molecule has 1 amide bonds. The van der Waals surface area contributed by atoms with Crippen LogP contribution in [0.25, 0.3) is 5.69 Å². The SMILES string of the molecule is COc1cc(C(C)NC(=O)c2ccc(-n3nc(C)c(Cl)c3C)cc2)ccc1OCc1ccncc1. The van der Waals surface area contributed by atoms with Gasteiger partial charge in [0.05, 0.1) is 35.2 Å². The van der Waals surface area contributed by atoms with Crippen LogP contribution >= 0.6 is 11.6 Å². The van der Waals surface area contributed by atoms with Crippen LogP contribution in [0.3, 0.4) is 0 Å². The standard InChI is InChI=1S/C27H27ClN4O3/c1-17(22-7-10-24(25(15-22)34-4)35-16-20-11-13-29-14-12-20)30-27(33)21-5-8-23(9-6-21)32-19(3)26(28)18(2)31-32/h5-15,17H,16H2,1-4H3,(H,30,33). The normalized spacial score (nSPS) is 11.7. The van der Waals surface area contributed by atoms with E-state index in [0.29, 0.717) is 28.7 Å². The Kier molecular flexibility index (Phi) is 7.36. The van der Waals surface area contributed by atoms with Crippen molar-refractivity contribution in [1.29, 1.82) is 0 Å². The number of nitrogens with one attached hydrogen (secondary N) is 1. The van der Waals surface area contributed by atoms with Crippen LogP contribution in [0.1, 0.15) is 45.8 Å². The Morgan fingerprint density at radius 1 is 1.06 bits per heavy atom. The smallest absolute Gasteiger partial charge is 0.251 e. The highest BCUT2D eigenvalue weighted by molar-refractivity contribution is 6.31. The Hall–Kier alpha value is -3.84. The fraction of sp³-hybridized carbons (Fsp3) is 0.222. The van der Waals surface area contributed by atoms with E-state index in [9.17, 15) is 4.79 Å². The second kappa shape index (κ2) is 10.6. The zero-order valence-corrected chi connectivity index (χ0v) is 20.8. The van der Waals surface area contributed by atoms with Gasteiger partial charge in [0, 0.05) is 18.0 Å². The number of halogens is 1. The quantitative estimate of drug-likeness (QED) is 0.347. The van der Waals surface area contributed by atoms with Gasteiger partial charge in [0.1, 0.15) is 6.61 Å². The van der Waals surface area contributed by atoms with E-state index < -0.39 is 0 Å². The lowest BCUT2D eigenvalue weighted by atomic mass is 10.1. The lowest BCUT2D eigenvalue weighted by Crippen LogP contribution is -2.26. The number of rotatable bonds is 8. The van der Waals surface area contributed by atoms with Crippen molar-refractivity contribution in [2.45, 2.75) is 33.4 Å². The molecule has 2 heterocycles. The first-order valence-corrected chi connectivity index (χ1v) is 11.6. The largest absolute Gasteiger partial charge is 0.493 e. The monoisotopic (exact) mass is 490 g/mol. The van der Waals surface area contributed by atoms with Crippen molar-refractivity contribution in [3.05, 3.63) is 100 Å². The van der Waals surface area contributed by atoms with Crippen molar-refractivity contribution in [3.8, 4) is 17.2 Å². The van der Waals surface area contributed by atoms with E-state index >= 15 is 0 Å². The van der Waals surface area contributed by atoms with Crippen molar-refractivity contribution in [1.82, 2.24) is 20.1 Å². The van der Waals surface area contributed by atoms with Crippen molar-refractivity contribution in [2.24, 2.45) is 0 Å². The third-order valence-electron chi connectivity index (χ3n) is 5.76. The molecular weight excluding hydrogens is 464 g/mol. The highest BCUT2D eigenvalue weighted by Gasteiger charge is 2.16. The fourth-order valence-corrected chi connectivity index (χ4v) is 3.82. The molecule has 0 fully saturated rings. The van der Waals surface area contributed by atoms with Gasteiger partial charge in [-0.15, -0.1) is 0 Å². The van der Waals surface area contributed by atoms with Crippen LogP contribution in [-0.2, 0) is 6.61 Å². The lowest BCUT2D eigenvalue weighted by molar-refractivity contribution is 0.0940. The van der Waals surface area contributed by atoms with Crippen LogP contribution in [0.4, 0.5) is 0 Å². The number of aryl methyl sites for hydroxylation is 1. The van der Waals surface area contributed by atoms with Gasteiger partial charge >= 0.3 is 0 Å². The molecule has 2 aromatic heterocycles. The molecule has 0 radical (unpaired) electrons. The maximum atomic E-state index is 12.9. The van der Waals surface area contributed by atoms with Gasteiger partial charge in [0.25, 0.3) is 5.91 Å². The average molecular weight is 491 g/mol. The van der Waals surface area contributed by atoms with Crippen molar-refractivity contribution in [3.63, 3.8) is 0 Å². The number of benzene rings is 2. The van der Waals surface area contributed by atoms with E-state index in [1.54, 1.807) is 36.3 Å². The molecule has 4 aromatic rings. The number of amides is 1. The van der Waals surface area contributed by atoms with Gasteiger partial charge in [-0.05, 0) is 80.4 Å². The summed E-state index contributed by atoms with van der Waals surface area (Å²) in [5, 5.41) is 8.14. The van der Waals surface area contributed by atoms with Gasteiger partial charge in [0.15, 0.2) is 11.5 Å². The molecule has 35 heavy (non-hydrogen) atoms. The van der Waals surface area contributed by atoms with Gasteiger partial charge in [-0.25, -0.2) is 4.68 Å². The number of pyridine rings is 1. The summed E-state index contributed by atoms with van der Waals surface area (Å²) in [6, 6.07) is 16.5. The summed E-state index contributed by atoms with van der Waals surface area (Å²) in [7, 11) is 1.60. The van der Waals surface area contributed by atoms with Gasteiger partial charge in [-0.1, -0.05) is 17.7 Å². The number of hydrogen-bond acceptors (Lipinski definition) is 5. The zero-order valence-electron chi connectivity index (χ0n) is 20.1. The Balaban J connectivity index is 1.42. The zero-order chi connectivity index (χ0) is 24.9. The summed E-state index contributed by atoms with van der Waals surface area (Å²) >= 11 is 6.26. The molecule has 0 bridgehead atoms. The van der Waals surface area contributed by atoms with E-state index in [-0.39, 0.29) is 11.9 Å². The molecule has 2 aromatic carbocycles. The summed E-state index contributed by atoms with van der Waals surface area (Å²) in [5.41, 5.74) is 4.94. The third-order valence-corrected chi connectivity index (χ3v) is 6.30. The second-order valence-corrected chi connectivity index (χ2v) is 8.57.